The van der Waals surface area contributed by atoms with Crippen LogP contribution in [0.25, 0.3) is 0 Å². The molecule has 100 valence electrons. The Labute approximate surface area is 114 Å². The van der Waals surface area contributed by atoms with Crippen molar-refractivity contribution in [3.8, 4) is 5.75 Å². The van der Waals surface area contributed by atoms with Crippen molar-refractivity contribution < 1.29 is 4.74 Å². The number of nitrogens with one attached hydrogen (secondary N) is 1. The Morgan fingerprint density at radius 3 is 3.00 bits per heavy atom. The molecule has 1 aromatic rings. The van der Waals surface area contributed by atoms with Gasteiger partial charge < -0.3 is 10.1 Å². The number of rotatable bonds is 4. The Kier molecular flexibility index (Phi) is 4.95. The van der Waals surface area contributed by atoms with Crippen LogP contribution in [-0.4, -0.2) is 19.4 Å². The lowest BCUT2D eigenvalue weighted by atomic mass is 9.92. The quantitative estimate of drug-likeness (QED) is 0.898. The number of ether oxygens (including phenoxy) is 1. The molecule has 1 heterocycles. The Morgan fingerprint density at radius 1 is 1.44 bits per heavy atom. The summed E-state index contributed by atoms with van der Waals surface area (Å²) in [4.78, 5) is 0. The van der Waals surface area contributed by atoms with Gasteiger partial charge in [-0.3, -0.25) is 0 Å². The van der Waals surface area contributed by atoms with Gasteiger partial charge in [0.05, 0.1) is 7.11 Å². The average molecular weight is 265 g/mol. The van der Waals surface area contributed by atoms with E-state index in [1.165, 1.54) is 23.3 Å². The molecule has 18 heavy (non-hydrogen) atoms. The summed E-state index contributed by atoms with van der Waals surface area (Å²) in [6, 6.07) is 6.91. The first kappa shape index (κ1) is 13.8. The first-order chi connectivity index (χ1) is 8.77. The Morgan fingerprint density at radius 2 is 2.28 bits per heavy atom. The summed E-state index contributed by atoms with van der Waals surface area (Å²) in [6.45, 7) is 5.64. The monoisotopic (exact) mass is 265 g/mol. The molecule has 1 aliphatic rings. The summed E-state index contributed by atoms with van der Waals surface area (Å²) in [5, 5.41) is 3.70. The molecular weight excluding hydrogens is 242 g/mol. The highest BCUT2D eigenvalue weighted by Gasteiger charge is 2.26. The number of fused-ring (bicyclic) bond motifs is 1. The fourth-order valence-electron chi connectivity index (χ4n) is 2.58. The normalized spacial score (nSPS) is 23.3. The number of methoxy groups -OCH3 is 1. The van der Waals surface area contributed by atoms with E-state index in [1.54, 1.807) is 7.11 Å². The second-order valence-electron chi connectivity index (χ2n) is 4.95. The van der Waals surface area contributed by atoms with Crippen molar-refractivity contribution in [2.45, 2.75) is 32.1 Å². The van der Waals surface area contributed by atoms with E-state index in [0.29, 0.717) is 12.0 Å². The zero-order chi connectivity index (χ0) is 13.0. The molecule has 0 saturated heterocycles. The molecule has 0 aliphatic carbocycles. The van der Waals surface area contributed by atoms with E-state index in [4.69, 9.17) is 4.74 Å². The highest BCUT2D eigenvalue weighted by Crippen LogP contribution is 2.38. The van der Waals surface area contributed by atoms with E-state index in [0.717, 1.165) is 18.0 Å². The average Bonchev–Trinajstić information content (AvgIpc) is 2.55. The summed E-state index contributed by atoms with van der Waals surface area (Å²) in [7, 11) is 1.77. The standard InChI is InChI=1S/C15H23NOS/c1-4-8-16-15-11(2)9-18-10-13-12(15)6-5-7-14(13)17-3/h5-7,11,15-16H,4,8-10H2,1-3H3. The number of thioether (sulfide) groups is 1. The van der Waals surface area contributed by atoms with E-state index in [2.05, 4.69) is 37.4 Å². The van der Waals surface area contributed by atoms with Crippen LogP contribution < -0.4 is 10.1 Å². The van der Waals surface area contributed by atoms with Crippen LogP contribution in [0.1, 0.15) is 37.4 Å². The Hall–Kier alpha value is -0.670. The second-order valence-corrected chi connectivity index (χ2v) is 5.98. The molecule has 1 N–H and O–H groups in total. The molecule has 0 radical (unpaired) electrons. The van der Waals surface area contributed by atoms with E-state index in [9.17, 15) is 0 Å². The van der Waals surface area contributed by atoms with Gasteiger partial charge in [0.1, 0.15) is 5.75 Å². The number of hydrogen-bond donors (Lipinski definition) is 1. The molecular formula is C15H23NOS. The van der Waals surface area contributed by atoms with E-state index >= 15 is 0 Å². The van der Waals surface area contributed by atoms with Crippen molar-refractivity contribution in [3.63, 3.8) is 0 Å². The van der Waals surface area contributed by atoms with Crippen molar-refractivity contribution in [3.05, 3.63) is 29.3 Å². The largest absolute Gasteiger partial charge is 0.496 e. The maximum atomic E-state index is 5.52. The minimum Gasteiger partial charge on any atom is -0.496 e. The van der Waals surface area contributed by atoms with Crippen molar-refractivity contribution in [1.29, 1.82) is 0 Å². The highest BCUT2D eigenvalue weighted by atomic mass is 32.2. The van der Waals surface area contributed by atoms with Gasteiger partial charge in [-0.25, -0.2) is 0 Å². The lowest BCUT2D eigenvalue weighted by molar-refractivity contribution is 0.399. The molecule has 0 bridgehead atoms. The first-order valence-corrected chi connectivity index (χ1v) is 7.90. The molecule has 3 heteroatoms. The van der Waals surface area contributed by atoms with Crippen LogP contribution in [0.3, 0.4) is 0 Å². The van der Waals surface area contributed by atoms with Crippen LogP contribution in [-0.2, 0) is 5.75 Å². The Balaban J connectivity index is 2.35. The molecule has 0 aromatic heterocycles. The third kappa shape index (κ3) is 2.83. The number of hydrogen-bond acceptors (Lipinski definition) is 3. The smallest absolute Gasteiger partial charge is 0.123 e. The van der Waals surface area contributed by atoms with E-state index in [-0.39, 0.29) is 0 Å². The zero-order valence-electron chi connectivity index (χ0n) is 11.5. The van der Waals surface area contributed by atoms with Crippen LogP contribution in [0, 0.1) is 5.92 Å². The predicted molar refractivity (Wildman–Crippen MR) is 79.4 cm³/mol. The molecule has 2 nitrogen and oxygen atoms in total. The molecule has 0 fully saturated rings. The Bertz CT molecular complexity index is 394. The molecule has 0 spiro atoms. The van der Waals surface area contributed by atoms with Gasteiger partial charge in [0.25, 0.3) is 0 Å². The predicted octanol–water partition coefficient (Wildman–Crippen LogP) is 3.62. The molecule has 1 aliphatic heterocycles. The zero-order valence-corrected chi connectivity index (χ0v) is 12.3. The molecule has 0 saturated carbocycles. The number of benzene rings is 1. The summed E-state index contributed by atoms with van der Waals surface area (Å²) >= 11 is 2.01. The lowest BCUT2D eigenvalue weighted by Crippen LogP contribution is -2.28. The van der Waals surface area contributed by atoms with Gasteiger partial charge in [-0.2, -0.15) is 11.8 Å². The maximum absolute atomic E-state index is 5.52. The van der Waals surface area contributed by atoms with Crippen LogP contribution >= 0.6 is 11.8 Å². The SMILES string of the molecule is CCCNC1c2cccc(OC)c2CSCC1C. The molecule has 2 atom stereocenters. The molecule has 2 rings (SSSR count). The second kappa shape index (κ2) is 6.48. The molecule has 2 unspecified atom stereocenters. The minimum atomic E-state index is 0.463. The third-order valence-corrected chi connectivity index (χ3v) is 4.79. The molecule has 1 aromatic carbocycles. The topological polar surface area (TPSA) is 21.3 Å². The van der Waals surface area contributed by atoms with Gasteiger partial charge in [0.2, 0.25) is 0 Å². The van der Waals surface area contributed by atoms with Crippen LogP contribution in [0.15, 0.2) is 18.2 Å². The van der Waals surface area contributed by atoms with Crippen LogP contribution in [0.4, 0.5) is 0 Å². The fraction of sp³-hybridized carbons (Fsp3) is 0.600. The third-order valence-electron chi connectivity index (χ3n) is 3.53. The van der Waals surface area contributed by atoms with Gasteiger partial charge in [0, 0.05) is 17.4 Å². The van der Waals surface area contributed by atoms with Gasteiger partial charge in [-0.15, -0.1) is 0 Å². The van der Waals surface area contributed by atoms with Gasteiger partial charge >= 0.3 is 0 Å². The van der Waals surface area contributed by atoms with Crippen molar-refractivity contribution >= 4 is 11.8 Å². The minimum absolute atomic E-state index is 0.463. The lowest BCUT2D eigenvalue weighted by Gasteiger charge is -2.25. The van der Waals surface area contributed by atoms with E-state index < -0.39 is 0 Å². The van der Waals surface area contributed by atoms with Crippen molar-refractivity contribution in [1.82, 2.24) is 5.32 Å². The highest BCUT2D eigenvalue weighted by molar-refractivity contribution is 7.98. The first-order valence-electron chi connectivity index (χ1n) is 6.74. The summed E-state index contributed by atoms with van der Waals surface area (Å²) in [5.74, 6) is 3.97. The van der Waals surface area contributed by atoms with Gasteiger partial charge in [0.15, 0.2) is 0 Å². The van der Waals surface area contributed by atoms with Crippen LogP contribution in [0.2, 0.25) is 0 Å². The van der Waals surface area contributed by atoms with Crippen molar-refractivity contribution in [2.75, 3.05) is 19.4 Å². The maximum Gasteiger partial charge on any atom is 0.123 e. The van der Waals surface area contributed by atoms with Crippen LogP contribution in [0.5, 0.6) is 5.75 Å². The molecule has 0 amide bonds. The fourth-order valence-corrected chi connectivity index (χ4v) is 3.78. The van der Waals surface area contributed by atoms with Gasteiger partial charge in [-0.05, 0) is 36.3 Å². The summed E-state index contributed by atoms with van der Waals surface area (Å²) in [6.07, 6.45) is 1.18. The summed E-state index contributed by atoms with van der Waals surface area (Å²) < 4.78 is 5.52. The van der Waals surface area contributed by atoms with Crippen molar-refractivity contribution in [2.24, 2.45) is 5.92 Å². The van der Waals surface area contributed by atoms with Gasteiger partial charge in [-0.1, -0.05) is 26.0 Å². The van der Waals surface area contributed by atoms with E-state index in [1.807, 2.05) is 11.8 Å². The summed E-state index contributed by atoms with van der Waals surface area (Å²) in [5.41, 5.74) is 2.81.